The molecule has 0 fully saturated rings. The summed E-state index contributed by atoms with van der Waals surface area (Å²) in [5, 5.41) is 21.3. The molecule has 1 aliphatic carbocycles. The van der Waals surface area contributed by atoms with Crippen molar-refractivity contribution in [3.05, 3.63) is 36.4 Å². The van der Waals surface area contributed by atoms with Crippen molar-refractivity contribution in [1.82, 2.24) is 4.90 Å². The molecule has 0 unspecified atom stereocenters. The first-order valence-corrected chi connectivity index (χ1v) is 8.73. The van der Waals surface area contributed by atoms with Crippen molar-refractivity contribution in [3.63, 3.8) is 0 Å². The Kier molecular flexibility index (Phi) is 8.14. The molecule has 0 amide bonds. The van der Waals surface area contributed by atoms with Gasteiger partial charge in [0.05, 0.1) is 25.3 Å². The second kappa shape index (κ2) is 10.6. The molecular formula is C19H25N3O4. The maximum Gasteiger partial charge on any atom is 0.188 e. The highest BCUT2D eigenvalue weighted by molar-refractivity contribution is 6.49. The Morgan fingerprint density at radius 3 is 2.31 bits per heavy atom. The number of hydrogen-bond acceptors (Lipinski definition) is 7. The second-order valence-corrected chi connectivity index (χ2v) is 6.01. The molecule has 0 heterocycles. The van der Waals surface area contributed by atoms with Gasteiger partial charge in [0.15, 0.2) is 11.6 Å². The largest absolute Gasteiger partial charge is 0.395 e. The maximum absolute atomic E-state index is 11.7. The number of allylic oxidation sites excluding steroid dienone is 2. The normalized spacial score (nSPS) is 15.9. The van der Waals surface area contributed by atoms with Gasteiger partial charge < -0.3 is 15.5 Å². The van der Waals surface area contributed by atoms with Crippen molar-refractivity contribution in [3.8, 4) is 0 Å². The standard InChI is InChI=1S/C19H25N3O4/c23-12-10-22(11-13-24)9-1-8-20-15-2-4-16(5-3-15)21-18-7-6-17(25)14-19(18)26/h2-7,20,23-24H,1,8-14H2. The van der Waals surface area contributed by atoms with E-state index >= 15 is 0 Å². The second-order valence-electron chi connectivity index (χ2n) is 6.01. The van der Waals surface area contributed by atoms with Crippen LogP contribution in [0.5, 0.6) is 0 Å². The minimum Gasteiger partial charge on any atom is -0.395 e. The topological polar surface area (TPSA) is 102 Å². The van der Waals surface area contributed by atoms with E-state index in [2.05, 4.69) is 10.3 Å². The number of nitrogens with zero attached hydrogens (tertiary/aromatic N) is 2. The van der Waals surface area contributed by atoms with E-state index in [0.29, 0.717) is 24.5 Å². The van der Waals surface area contributed by atoms with Crippen LogP contribution in [0, 0.1) is 0 Å². The lowest BCUT2D eigenvalue weighted by molar-refractivity contribution is -0.121. The van der Waals surface area contributed by atoms with Gasteiger partial charge in [-0.2, -0.15) is 0 Å². The molecule has 0 radical (unpaired) electrons. The number of ketones is 2. The fourth-order valence-electron chi connectivity index (χ4n) is 2.62. The van der Waals surface area contributed by atoms with Crippen LogP contribution in [0.25, 0.3) is 0 Å². The first kappa shape index (κ1) is 20.0. The fourth-order valence-corrected chi connectivity index (χ4v) is 2.62. The van der Waals surface area contributed by atoms with Gasteiger partial charge in [-0.05, 0) is 49.4 Å². The van der Waals surface area contributed by atoms with Gasteiger partial charge in [-0.25, -0.2) is 4.99 Å². The van der Waals surface area contributed by atoms with E-state index in [9.17, 15) is 9.59 Å². The van der Waals surface area contributed by atoms with Gasteiger partial charge in [0.1, 0.15) is 5.71 Å². The Morgan fingerprint density at radius 2 is 1.69 bits per heavy atom. The molecule has 1 aromatic rings. The van der Waals surface area contributed by atoms with E-state index in [4.69, 9.17) is 10.2 Å². The molecule has 0 bridgehead atoms. The summed E-state index contributed by atoms with van der Waals surface area (Å²) in [6.45, 7) is 2.87. The number of aliphatic hydroxyl groups excluding tert-OH is 2. The molecule has 7 nitrogen and oxygen atoms in total. The first-order chi connectivity index (χ1) is 12.6. The predicted molar refractivity (Wildman–Crippen MR) is 101 cm³/mol. The van der Waals surface area contributed by atoms with Crippen molar-refractivity contribution >= 4 is 28.7 Å². The Labute approximate surface area is 153 Å². The zero-order chi connectivity index (χ0) is 18.8. The van der Waals surface area contributed by atoms with Crippen LogP contribution in [0.15, 0.2) is 41.4 Å². The zero-order valence-electron chi connectivity index (χ0n) is 14.7. The van der Waals surface area contributed by atoms with Gasteiger partial charge in [0, 0.05) is 25.3 Å². The molecule has 7 heteroatoms. The molecule has 26 heavy (non-hydrogen) atoms. The Hall–Kier alpha value is -2.35. The average molecular weight is 359 g/mol. The van der Waals surface area contributed by atoms with Crippen LogP contribution >= 0.6 is 0 Å². The molecule has 0 aromatic heterocycles. The van der Waals surface area contributed by atoms with Gasteiger partial charge in [0.2, 0.25) is 0 Å². The maximum atomic E-state index is 11.7. The highest BCUT2D eigenvalue weighted by Crippen LogP contribution is 2.18. The van der Waals surface area contributed by atoms with Gasteiger partial charge in [-0.3, -0.25) is 14.5 Å². The number of carbonyl (C=O) groups is 2. The minimum atomic E-state index is -0.255. The summed E-state index contributed by atoms with van der Waals surface area (Å²) >= 11 is 0. The quantitative estimate of drug-likeness (QED) is 0.425. The minimum absolute atomic E-state index is 0.0866. The summed E-state index contributed by atoms with van der Waals surface area (Å²) in [7, 11) is 0. The van der Waals surface area contributed by atoms with Crippen LogP contribution in [-0.4, -0.2) is 71.8 Å². The molecule has 1 aromatic carbocycles. The number of hydrogen-bond donors (Lipinski definition) is 3. The average Bonchev–Trinajstić information content (AvgIpc) is 2.62. The number of aliphatic imine (C=N–C) groups is 1. The van der Waals surface area contributed by atoms with Crippen LogP contribution in [0.3, 0.4) is 0 Å². The van der Waals surface area contributed by atoms with E-state index in [1.165, 1.54) is 12.2 Å². The number of anilines is 1. The highest BCUT2D eigenvalue weighted by Gasteiger charge is 2.17. The number of carbonyl (C=O) groups excluding carboxylic acids is 2. The molecular weight excluding hydrogens is 334 g/mol. The van der Waals surface area contributed by atoms with Crippen LogP contribution < -0.4 is 5.32 Å². The molecule has 0 spiro atoms. The Balaban J connectivity index is 1.81. The smallest absolute Gasteiger partial charge is 0.188 e. The number of nitrogens with one attached hydrogen (secondary N) is 1. The van der Waals surface area contributed by atoms with E-state index in [1.807, 2.05) is 29.2 Å². The van der Waals surface area contributed by atoms with Gasteiger partial charge >= 0.3 is 0 Å². The molecule has 2 rings (SSSR count). The third kappa shape index (κ3) is 6.51. The zero-order valence-corrected chi connectivity index (χ0v) is 14.7. The van der Waals surface area contributed by atoms with Crippen molar-refractivity contribution < 1.29 is 19.8 Å². The molecule has 3 N–H and O–H groups in total. The van der Waals surface area contributed by atoms with E-state index < -0.39 is 0 Å². The molecule has 0 atom stereocenters. The summed E-state index contributed by atoms with van der Waals surface area (Å²) in [6.07, 6.45) is 3.62. The lowest BCUT2D eigenvalue weighted by atomic mass is 10.0. The monoisotopic (exact) mass is 359 g/mol. The Morgan fingerprint density at radius 1 is 1.00 bits per heavy atom. The van der Waals surface area contributed by atoms with E-state index in [1.54, 1.807) is 0 Å². The van der Waals surface area contributed by atoms with Crippen molar-refractivity contribution in [2.75, 3.05) is 44.7 Å². The lowest BCUT2D eigenvalue weighted by Crippen LogP contribution is -2.31. The highest BCUT2D eigenvalue weighted by atomic mass is 16.3. The van der Waals surface area contributed by atoms with Crippen molar-refractivity contribution in [1.29, 1.82) is 0 Å². The number of benzene rings is 1. The van der Waals surface area contributed by atoms with Gasteiger partial charge in [0.25, 0.3) is 0 Å². The summed E-state index contributed by atoms with van der Waals surface area (Å²) in [4.78, 5) is 29.2. The third-order valence-corrected chi connectivity index (χ3v) is 3.98. The molecule has 0 saturated carbocycles. The van der Waals surface area contributed by atoms with Crippen LogP contribution in [0.1, 0.15) is 12.8 Å². The first-order valence-electron chi connectivity index (χ1n) is 8.73. The number of rotatable bonds is 10. The lowest BCUT2D eigenvalue weighted by Gasteiger charge is -2.20. The van der Waals surface area contributed by atoms with Crippen molar-refractivity contribution in [2.45, 2.75) is 12.8 Å². The molecule has 0 saturated heterocycles. The summed E-state index contributed by atoms with van der Waals surface area (Å²) < 4.78 is 0. The van der Waals surface area contributed by atoms with Gasteiger partial charge in [-0.1, -0.05) is 0 Å². The third-order valence-electron chi connectivity index (χ3n) is 3.98. The fraction of sp³-hybridized carbons (Fsp3) is 0.421. The molecule has 0 aliphatic heterocycles. The van der Waals surface area contributed by atoms with Crippen LogP contribution in [-0.2, 0) is 9.59 Å². The van der Waals surface area contributed by atoms with Crippen LogP contribution in [0.4, 0.5) is 11.4 Å². The predicted octanol–water partition coefficient (Wildman–Crippen LogP) is 0.946. The summed E-state index contributed by atoms with van der Waals surface area (Å²) in [5.41, 5.74) is 1.92. The molecule has 140 valence electrons. The van der Waals surface area contributed by atoms with Crippen molar-refractivity contribution in [2.24, 2.45) is 4.99 Å². The van der Waals surface area contributed by atoms with Crippen LogP contribution in [0.2, 0.25) is 0 Å². The number of Topliss-reactive ketones (excluding diaryl/α,β-unsaturated/α-hetero) is 1. The van der Waals surface area contributed by atoms with E-state index in [-0.39, 0.29) is 31.2 Å². The Bertz CT molecular complexity index is 662. The molecule has 1 aliphatic rings. The summed E-state index contributed by atoms with van der Waals surface area (Å²) in [5.74, 6) is -0.444. The van der Waals surface area contributed by atoms with E-state index in [0.717, 1.165) is 25.2 Å². The summed E-state index contributed by atoms with van der Waals surface area (Å²) in [6, 6.07) is 7.41. The number of aliphatic hydroxyl groups is 2. The SMILES string of the molecule is O=C1C=CC(=Nc2ccc(NCCCN(CCO)CCO)cc2)C(=O)C1. The van der Waals surface area contributed by atoms with Gasteiger partial charge in [-0.15, -0.1) is 0 Å².